The van der Waals surface area contributed by atoms with Crippen LogP contribution in [0.4, 0.5) is 10.1 Å². The molecule has 0 aliphatic heterocycles. The van der Waals surface area contributed by atoms with Gasteiger partial charge in [0.15, 0.2) is 28.1 Å². The predicted molar refractivity (Wildman–Crippen MR) is 68.9 cm³/mol. The minimum Gasteiger partial charge on any atom is -0.450 e. The summed E-state index contributed by atoms with van der Waals surface area (Å²) in [6.45, 7) is 0. The first-order valence-corrected chi connectivity index (χ1v) is 5.74. The number of imidazole rings is 1. The summed E-state index contributed by atoms with van der Waals surface area (Å²) in [4.78, 5) is 4.07. The highest BCUT2D eigenvalue weighted by Crippen LogP contribution is 2.29. The van der Waals surface area contributed by atoms with Gasteiger partial charge in [0.2, 0.25) is 0 Å². The molecule has 0 saturated heterocycles. The first-order valence-electron chi connectivity index (χ1n) is 5.36. The van der Waals surface area contributed by atoms with Crippen LogP contribution < -0.4 is 10.5 Å². The van der Waals surface area contributed by atoms with Crippen LogP contribution in [0.5, 0.6) is 11.5 Å². The Morgan fingerprint density at radius 2 is 2.11 bits per heavy atom. The number of fused-ring (bicyclic) bond motifs is 1. The van der Waals surface area contributed by atoms with Gasteiger partial charge in [-0.25, -0.2) is 13.9 Å². The van der Waals surface area contributed by atoms with Gasteiger partial charge in [-0.15, -0.1) is 0 Å². The number of nitrogen functional groups attached to an aromatic ring is 1. The topological polar surface area (TPSA) is 65.4 Å². The van der Waals surface area contributed by atoms with E-state index in [0.717, 1.165) is 0 Å². The molecule has 2 N–H and O–H groups in total. The number of ether oxygens (including phenoxy) is 1. The van der Waals surface area contributed by atoms with E-state index in [1.165, 1.54) is 22.7 Å². The van der Waals surface area contributed by atoms with Crippen molar-refractivity contribution in [1.82, 2.24) is 14.6 Å². The van der Waals surface area contributed by atoms with Gasteiger partial charge in [-0.2, -0.15) is 5.10 Å². The third kappa shape index (κ3) is 2.17. The number of hydrogen-bond donors (Lipinski definition) is 1. The van der Waals surface area contributed by atoms with Crippen LogP contribution >= 0.6 is 11.6 Å². The third-order valence-corrected chi connectivity index (χ3v) is 2.66. The molecule has 0 aliphatic carbocycles. The Morgan fingerprint density at radius 1 is 1.26 bits per heavy atom. The number of rotatable bonds is 2. The Labute approximate surface area is 112 Å². The van der Waals surface area contributed by atoms with Crippen molar-refractivity contribution < 1.29 is 9.13 Å². The lowest BCUT2D eigenvalue weighted by atomic mass is 10.3. The van der Waals surface area contributed by atoms with Gasteiger partial charge in [-0.05, 0) is 12.1 Å². The maximum Gasteiger partial charge on any atom is 0.197 e. The molecule has 3 rings (SSSR count). The van der Waals surface area contributed by atoms with Gasteiger partial charge < -0.3 is 10.5 Å². The molecule has 19 heavy (non-hydrogen) atoms. The van der Waals surface area contributed by atoms with Crippen LogP contribution in [0.15, 0.2) is 36.7 Å². The van der Waals surface area contributed by atoms with Gasteiger partial charge in [0.25, 0.3) is 0 Å². The van der Waals surface area contributed by atoms with E-state index in [0.29, 0.717) is 17.1 Å². The third-order valence-electron chi connectivity index (χ3n) is 2.47. The number of nitrogens with two attached hydrogens (primary N) is 1. The molecule has 0 aliphatic rings. The molecule has 3 aromatic rings. The number of anilines is 1. The van der Waals surface area contributed by atoms with Crippen molar-refractivity contribution in [2.75, 3.05) is 5.73 Å². The molecule has 96 valence electrons. The predicted octanol–water partition coefficient (Wildman–Crippen LogP) is 2.90. The van der Waals surface area contributed by atoms with E-state index in [4.69, 9.17) is 22.1 Å². The Hall–Kier alpha value is -2.34. The largest absolute Gasteiger partial charge is 0.450 e. The minimum absolute atomic E-state index is 0.0429. The summed E-state index contributed by atoms with van der Waals surface area (Å²) in [5, 5.41) is 4.22. The molecule has 2 aromatic heterocycles. The molecule has 0 saturated carbocycles. The van der Waals surface area contributed by atoms with Gasteiger partial charge in [0.05, 0.1) is 0 Å². The average Bonchev–Trinajstić information content (AvgIpc) is 2.80. The fourth-order valence-corrected chi connectivity index (χ4v) is 1.83. The summed E-state index contributed by atoms with van der Waals surface area (Å²) in [5.74, 6) is -0.201. The van der Waals surface area contributed by atoms with Gasteiger partial charge in [0, 0.05) is 30.2 Å². The zero-order valence-corrected chi connectivity index (χ0v) is 10.3. The SMILES string of the molecule is Nc1ccc(Oc2cc(Cl)nn3ccnc23)c(F)c1. The zero-order chi connectivity index (χ0) is 13.4. The van der Waals surface area contributed by atoms with Crippen molar-refractivity contribution in [3.05, 3.63) is 47.6 Å². The summed E-state index contributed by atoms with van der Waals surface area (Å²) in [7, 11) is 0. The summed E-state index contributed by atoms with van der Waals surface area (Å²) in [6.07, 6.45) is 3.16. The van der Waals surface area contributed by atoms with E-state index >= 15 is 0 Å². The smallest absolute Gasteiger partial charge is 0.197 e. The highest BCUT2D eigenvalue weighted by atomic mass is 35.5. The lowest BCUT2D eigenvalue weighted by molar-refractivity contribution is 0.443. The molecule has 1 aromatic carbocycles. The lowest BCUT2D eigenvalue weighted by Gasteiger charge is -2.08. The normalized spacial score (nSPS) is 10.8. The van der Waals surface area contributed by atoms with Gasteiger partial charge in [0.1, 0.15) is 0 Å². The van der Waals surface area contributed by atoms with E-state index < -0.39 is 5.82 Å². The molecule has 7 heteroatoms. The Morgan fingerprint density at radius 3 is 2.89 bits per heavy atom. The minimum atomic E-state index is -0.558. The Kier molecular flexibility index (Phi) is 2.72. The molecular formula is C12H8ClFN4O. The molecule has 5 nitrogen and oxygen atoms in total. The highest BCUT2D eigenvalue weighted by Gasteiger charge is 2.11. The van der Waals surface area contributed by atoms with E-state index in [9.17, 15) is 4.39 Å². The summed E-state index contributed by atoms with van der Waals surface area (Å²) >= 11 is 5.86. The molecule has 0 unspecified atom stereocenters. The fourth-order valence-electron chi connectivity index (χ4n) is 1.65. The van der Waals surface area contributed by atoms with E-state index in [2.05, 4.69) is 10.1 Å². The molecule has 2 heterocycles. The number of halogens is 2. The molecular weight excluding hydrogens is 271 g/mol. The average molecular weight is 279 g/mol. The van der Waals surface area contributed by atoms with Gasteiger partial charge in [-0.1, -0.05) is 11.6 Å². The second-order valence-corrected chi connectivity index (χ2v) is 4.21. The standard InChI is InChI=1S/C12H8ClFN4O/c13-11-6-10(12-16-3-4-18(12)17-11)19-9-2-1-7(15)5-8(9)14/h1-6H,15H2. The van der Waals surface area contributed by atoms with E-state index in [1.807, 2.05) is 0 Å². The molecule has 0 bridgehead atoms. The van der Waals surface area contributed by atoms with E-state index in [-0.39, 0.29) is 10.9 Å². The van der Waals surface area contributed by atoms with Crippen molar-refractivity contribution in [3.8, 4) is 11.5 Å². The molecule has 0 atom stereocenters. The Bertz CT molecular complexity index is 759. The van der Waals surface area contributed by atoms with Crippen LogP contribution in [0.1, 0.15) is 0 Å². The molecule has 0 fully saturated rings. The highest BCUT2D eigenvalue weighted by molar-refractivity contribution is 6.29. The van der Waals surface area contributed by atoms with Crippen LogP contribution in [-0.2, 0) is 0 Å². The number of benzene rings is 1. The monoisotopic (exact) mass is 278 g/mol. The second kappa shape index (κ2) is 4.40. The fraction of sp³-hybridized carbons (Fsp3) is 0. The Balaban J connectivity index is 2.07. The van der Waals surface area contributed by atoms with Crippen molar-refractivity contribution >= 4 is 22.9 Å². The van der Waals surface area contributed by atoms with Crippen LogP contribution in [0.2, 0.25) is 5.15 Å². The first kappa shape index (κ1) is 11.7. The van der Waals surface area contributed by atoms with Crippen LogP contribution in [0.3, 0.4) is 0 Å². The summed E-state index contributed by atoms with van der Waals surface area (Å²) in [6, 6.07) is 5.64. The van der Waals surface area contributed by atoms with Crippen LogP contribution in [-0.4, -0.2) is 14.6 Å². The quantitative estimate of drug-likeness (QED) is 0.732. The van der Waals surface area contributed by atoms with Crippen molar-refractivity contribution in [2.24, 2.45) is 0 Å². The van der Waals surface area contributed by atoms with Gasteiger partial charge >= 0.3 is 0 Å². The number of hydrogen-bond acceptors (Lipinski definition) is 4. The maximum atomic E-state index is 13.7. The van der Waals surface area contributed by atoms with Crippen molar-refractivity contribution in [3.63, 3.8) is 0 Å². The molecule has 0 spiro atoms. The maximum absolute atomic E-state index is 13.7. The first-order chi connectivity index (χ1) is 9.13. The number of nitrogens with zero attached hydrogens (tertiary/aromatic N) is 3. The lowest BCUT2D eigenvalue weighted by Crippen LogP contribution is -1.96. The summed E-state index contributed by atoms with van der Waals surface area (Å²) < 4.78 is 20.6. The molecule has 0 radical (unpaired) electrons. The van der Waals surface area contributed by atoms with Crippen LogP contribution in [0, 0.1) is 5.82 Å². The zero-order valence-electron chi connectivity index (χ0n) is 9.55. The van der Waals surface area contributed by atoms with Gasteiger partial charge in [-0.3, -0.25) is 0 Å². The van der Waals surface area contributed by atoms with Crippen LogP contribution in [0.25, 0.3) is 5.65 Å². The van der Waals surface area contributed by atoms with Crippen molar-refractivity contribution in [1.29, 1.82) is 0 Å². The second-order valence-electron chi connectivity index (χ2n) is 3.82. The van der Waals surface area contributed by atoms with E-state index in [1.54, 1.807) is 18.5 Å². The summed E-state index contributed by atoms with van der Waals surface area (Å²) in [5.41, 5.74) is 6.24. The number of aromatic nitrogens is 3. The molecule has 0 amide bonds. The van der Waals surface area contributed by atoms with Crippen molar-refractivity contribution in [2.45, 2.75) is 0 Å².